The fraction of sp³-hybridized carbons (Fsp3) is 0.500. The molecule has 1 aliphatic rings. The van der Waals surface area contributed by atoms with Gasteiger partial charge < -0.3 is 9.64 Å². The molecule has 0 amide bonds. The van der Waals surface area contributed by atoms with Crippen molar-refractivity contribution in [3.8, 4) is 0 Å². The molecule has 0 aliphatic carbocycles. The van der Waals surface area contributed by atoms with Crippen LogP contribution in [0.3, 0.4) is 0 Å². The van der Waals surface area contributed by atoms with Crippen LogP contribution in [0.5, 0.6) is 0 Å². The summed E-state index contributed by atoms with van der Waals surface area (Å²) in [4.78, 5) is 20.6. The van der Waals surface area contributed by atoms with Crippen molar-refractivity contribution in [2.24, 2.45) is 0 Å². The van der Waals surface area contributed by atoms with Crippen LogP contribution in [0.25, 0.3) is 0 Å². The number of hydrogen-bond donors (Lipinski definition) is 0. The van der Waals surface area contributed by atoms with Crippen LogP contribution in [-0.2, 0) is 17.7 Å². The standard InChI is InChI=1S/C16H21N5O2S/c1-3-15-17-12(11-24-15)10-20-6-8-21(9-7-20)14-5-4-13(18-19-14)16(22)23-2/h4-5,11H,3,6-10H2,1-2H3. The van der Waals surface area contributed by atoms with Crippen LogP contribution in [0.1, 0.15) is 28.1 Å². The van der Waals surface area contributed by atoms with Gasteiger partial charge >= 0.3 is 5.97 Å². The summed E-state index contributed by atoms with van der Waals surface area (Å²) in [5.41, 5.74) is 1.39. The summed E-state index contributed by atoms with van der Waals surface area (Å²) in [7, 11) is 1.34. The third kappa shape index (κ3) is 3.88. The molecule has 3 rings (SSSR count). The molecule has 0 bridgehead atoms. The van der Waals surface area contributed by atoms with Gasteiger partial charge in [-0.25, -0.2) is 9.78 Å². The fourth-order valence-electron chi connectivity index (χ4n) is 2.66. The number of aromatic nitrogens is 3. The Morgan fingerprint density at radius 2 is 2.04 bits per heavy atom. The van der Waals surface area contributed by atoms with E-state index in [1.807, 2.05) is 6.07 Å². The van der Waals surface area contributed by atoms with Crippen LogP contribution in [-0.4, -0.2) is 59.3 Å². The summed E-state index contributed by atoms with van der Waals surface area (Å²) in [6.45, 7) is 6.72. The van der Waals surface area contributed by atoms with E-state index < -0.39 is 5.97 Å². The Bertz CT molecular complexity index is 680. The second-order valence-corrected chi connectivity index (χ2v) is 6.56. The zero-order valence-electron chi connectivity index (χ0n) is 13.9. The first-order valence-corrected chi connectivity index (χ1v) is 8.90. The number of aryl methyl sites for hydroxylation is 1. The summed E-state index contributed by atoms with van der Waals surface area (Å²) in [5, 5.41) is 11.4. The van der Waals surface area contributed by atoms with Gasteiger partial charge in [-0.3, -0.25) is 4.90 Å². The minimum atomic E-state index is -0.464. The molecule has 0 N–H and O–H groups in total. The predicted octanol–water partition coefficient (Wildman–Crippen LogP) is 1.60. The maximum absolute atomic E-state index is 11.4. The number of nitrogens with zero attached hydrogens (tertiary/aromatic N) is 5. The number of thiazole rings is 1. The molecule has 0 aromatic carbocycles. The van der Waals surface area contributed by atoms with Crippen LogP contribution in [0.15, 0.2) is 17.5 Å². The molecule has 0 spiro atoms. The first-order chi connectivity index (χ1) is 11.7. The van der Waals surface area contributed by atoms with E-state index in [0.717, 1.165) is 50.7 Å². The lowest BCUT2D eigenvalue weighted by Gasteiger charge is -2.34. The number of piperazine rings is 1. The highest BCUT2D eigenvalue weighted by Gasteiger charge is 2.19. The van der Waals surface area contributed by atoms with Gasteiger partial charge in [-0.2, -0.15) is 0 Å². The molecule has 1 aliphatic heterocycles. The fourth-order valence-corrected chi connectivity index (χ4v) is 3.39. The topological polar surface area (TPSA) is 71.5 Å². The third-order valence-electron chi connectivity index (χ3n) is 4.03. The zero-order chi connectivity index (χ0) is 16.9. The van der Waals surface area contributed by atoms with E-state index in [1.54, 1.807) is 17.4 Å². The van der Waals surface area contributed by atoms with Crippen molar-refractivity contribution in [2.45, 2.75) is 19.9 Å². The molecule has 2 aromatic heterocycles. The van der Waals surface area contributed by atoms with E-state index in [0.29, 0.717) is 0 Å². The van der Waals surface area contributed by atoms with Crippen molar-refractivity contribution in [3.05, 3.63) is 33.9 Å². The van der Waals surface area contributed by atoms with Crippen molar-refractivity contribution in [1.82, 2.24) is 20.1 Å². The smallest absolute Gasteiger partial charge is 0.358 e. The number of esters is 1. The first-order valence-electron chi connectivity index (χ1n) is 8.02. The van der Waals surface area contributed by atoms with Crippen LogP contribution in [0.2, 0.25) is 0 Å². The molecular formula is C16H21N5O2S. The molecule has 3 heterocycles. The van der Waals surface area contributed by atoms with Crippen molar-refractivity contribution in [1.29, 1.82) is 0 Å². The van der Waals surface area contributed by atoms with Gasteiger partial charge in [-0.15, -0.1) is 21.5 Å². The number of hydrogen-bond acceptors (Lipinski definition) is 8. The quantitative estimate of drug-likeness (QED) is 0.761. The minimum Gasteiger partial charge on any atom is -0.464 e. The number of ether oxygens (including phenoxy) is 1. The summed E-state index contributed by atoms with van der Waals surface area (Å²) in [5.74, 6) is 0.331. The van der Waals surface area contributed by atoms with Crippen molar-refractivity contribution in [2.75, 3.05) is 38.2 Å². The Morgan fingerprint density at radius 3 is 2.62 bits per heavy atom. The van der Waals surface area contributed by atoms with Crippen molar-refractivity contribution < 1.29 is 9.53 Å². The summed E-state index contributed by atoms with van der Waals surface area (Å²) >= 11 is 1.74. The van der Waals surface area contributed by atoms with Crippen molar-refractivity contribution in [3.63, 3.8) is 0 Å². The number of carbonyl (C=O) groups excluding carboxylic acids is 1. The van der Waals surface area contributed by atoms with E-state index in [-0.39, 0.29) is 5.69 Å². The van der Waals surface area contributed by atoms with Crippen LogP contribution >= 0.6 is 11.3 Å². The lowest BCUT2D eigenvalue weighted by Crippen LogP contribution is -2.46. The molecule has 0 unspecified atom stereocenters. The van der Waals surface area contributed by atoms with Gasteiger partial charge in [-0.05, 0) is 18.6 Å². The Balaban J connectivity index is 1.53. The average Bonchev–Trinajstić information content (AvgIpc) is 3.09. The average molecular weight is 347 g/mol. The van der Waals surface area contributed by atoms with E-state index in [4.69, 9.17) is 0 Å². The largest absolute Gasteiger partial charge is 0.464 e. The molecular weight excluding hydrogens is 326 g/mol. The predicted molar refractivity (Wildman–Crippen MR) is 92.4 cm³/mol. The van der Waals surface area contributed by atoms with Gasteiger partial charge in [0.15, 0.2) is 11.5 Å². The summed E-state index contributed by atoms with van der Waals surface area (Å²) < 4.78 is 4.64. The minimum absolute atomic E-state index is 0.232. The second kappa shape index (κ2) is 7.67. The Kier molecular flexibility index (Phi) is 5.37. The molecule has 7 nitrogen and oxygen atoms in total. The molecule has 24 heavy (non-hydrogen) atoms. The SMILES string of the molecule is CCc1nc(CN2CCN(c3ccc(C(=O)OC)nn3)CC2)cs1. The monoisotopic (exact) mass is 347 g/mol. The van der Waals surface area contributed by atoms with E-state index in [2.05, 4.69) is 42.0 Å². The molecule has 1 saturated heterocycles. The van der Waals surface area contributed by atoms with Crippen LogP contribution in [0.4, 0.5) is 5.82 Å². The van der Waals surface area contributed by atoms with E-state index in [1.165, 1.54) is 12.1 Å². The molecule has 0 atom stereocenters. The van der Waals surface area contributed by atoms with Gasteiger partial charge in [0.05, 0.1) is 17.8 Å². The zero-order valence-corrected chi connectivity index (χ0v) is 14.8. The number of methoxy groups -OCH3 is 1. The molecule has 0 saturated carbocycles. The lowest BCUT2D eigenvalue weighted by atomic mass is 10.3. The highest BCUT2D eigenvalue weighted by atomic mass is 32.1. The lowest BCUT2D eigenvalue weighted by molar-refractivity contribution is 0.0592. The Labute approximate surface area is 145 Å². The normalized spacial score (nSPS) is 15.5. The van der Waals surface area contributed by atoms with Gasteiger partial charge in [0.25, 0.3) is 0 Å². The van der Waals surface area contributed by atoms with Crippen molar-refractivity contribution >= 4 is 23.1 Å². The molecule has 128 valence electrons. The Morgan fingerprint density at radius 1 is 1.25 bits per heavy atom. The van der Waals surface area contributed by atoms with Gasteiger partial charge in [0, 0.05) is 38.1 Å². The molecule has 8 heteroatoms. The highest BCUT2D eigenvalue weighted by molar-refractivity contribution is 7.09. The maximum atomic E-state index is 11.4. The summed E-state index contributed by atoms with van der Waals surface area (Å²) in [6, 6.07) is 3.48. The van der Waals surface area contributed by atoms with Gasteiger partial charge in [-0.1, -0.05) is 6.92 Å². The maximum Gasteiger partial charge on any atom is 0.358 e. The molecule has 0 radical (unpaired) electrons. The second-order valence-electron chi connectivity index (χ2n) is 5.62. The van der Waals surface area contributed by atoms with Crippen LogP contribution in [0, 0.1) is 0 Å². The van der Waals surface area contributed by atoms with Gasteiger partial charge in [0.1, 0.15) is 0 Å². The first kappa shape index (κ1) is 16.8. The number of carbonyl (C=O) groups is 1. The number of rotatable bonds is 5. The van der Waals surface area contributed by atoms with E-state index >= 15 is 0 Å². The molecule has 1 fully saturated rings. The number of anilines is 1. The molecule has 2 aromatic rings. The third-order valence-corrected chi connectivity index (χ3v) is 5.07. The highest BCUT2D eigenvalue weighted by Crippen LogP contribution is 2.16. The van der Waals surface area contributed by atoms with Gasteiger partial charge in [0.2, 0.25) is 0 Å². The summed E-state index contributed by atoms with van der Waals surface area (Å²) in [6.07, 6.45) is 0.999. The van der Waals surface area contributed by atoms with E-state index in [9.17, 15) is 4.79 Å². The Hall–Kier alpha value is -2.06. The van der Waals surface area contributed by atoms with Crippen LogP contribution < -0.4 is 4.90 Å².